The van der Waals surface area contributed by atoms with Crippen molar-refractivity contribution >= 4 is 14.5 Å². The standard InChI is InChI=1S/C10H22O3Si/c1-8(2)7-12-10(11)13-14(5,6)9(3)4/h8-9H,7H2,1-6H3. The zero-order chi connectivity index (χ0) is 11.4. The molecule has 0 aromatic heterocycles. The number of carbonyl (C=O) groups is 1. The maximum atomic E-state index is 11.3. The lowest BCUT2D eigenvalue weighted by atomic mass is 10.2. The number of ether oxygens (including phenoxy) is 1. The fraction of sp³-hybridized carbons (Fsp3) is 0.900. The van der Waals surface area contributed by atoms with E-state index in [1.807, 2.05) is 26.9 Å². The molecule has 3 nitrogen and oxygen atoms in total. The average molecular weight is 218 g/mol. The van der Waals surface area contributed by atoms with Gasteiger partial charge in [-0.2, -0.15) is 0 Å². The zero-order valence-electron chi connectivity index (χ0n) is 10.1. The molecule has 0 spiro atoms. The van der Waals surface area contributed by atoms with Crippen LogP contribution < -0.4 is 0 Å². The summed E-state index contributed by atoms with van der Waals surface area (Å²) in [5.41, 5.74) is 0.411. The van der Waals surface area contributed by atoms with E-state index in [1.165, 1.54) is 0 Å². The number of carbonyl (C=O) groups excluding carboxylic acids is 1. The van der Waals surface area contributed by atoms with E-state index in [0.717, 1.165) is 0 Å². The molecular formula is C10H22O3Si. The molecule has 0 radical (unpaired) electrons. The van der Waals surface area contributed by atoms with Gasteiger partial charge in [0.1, 0.15) is 0 Å². The van der Waals surface area contributed by atoms with Crippen molar-refractivity contribution in [2.24, 2.45) is 5.92 Å². The predicted molar refractivity (Wildman–Crippen MR) is 59.9 cm³/mol. The van der Waals surface area contributed by atoms with Crippen LogP contribution in [-0.2, 0) is 9.16 Å². The van der Waals surface area contributed by atoms with Gasteiger partial charge in [0.2, 0.25) is 0 Å². The Morgan fingerprint density at radius 1 is 1.21 bits per heavy atom. The predicted octanol–water partition coefficient (Wildman–Crippen LogP) is 3.41. The molecule has 0 fully saturated rings. The largest absolute Gasteiger partial charge is 0.494 e. The Morgan fingerprint density at radius 2 is 1.71 bits per heavy atom. The third-order valence-corrected chi connectivity index (χ3v) is 5.74. The van der Waals surface area contributed by atoms with Gasteiger partial charge in [0.05, 0.1) is 6.61 Å². The Balaban J connectivity index is 3.94. The molecule has 0 rings (SSSR count). The highest BCUT2D eigenvalue weighted by Crippen LogP contribution is 2.21. The maximum absolute atomic E-state index is 11.3. The van der Waals surface area contributed by atoms with E-state index in [1.54, 1.807) is 0 Å². The Kier molecular flexibility index (Phi) is 5.19. The van der Waals surface area contributed by atoms with Gasteiger partial charge in [0.15, 0.2) is 0 Å². The van der Waals surface area contributed by atoms with Crippen molar-refractivity contribution in [2.45, 2.75) is 46.3 Å². The van der Waals surface area contributed by atoms with Crippen LogP contribution in [0.4, 0.5) is 4.79 Å². The molecule has 0 aromatic rings. The van der Waals surface area contributed by atoms with Crippen molar-refractivity contribution in [1.82, 2.24) is 0 Å². The first-order chi connectivity index (χ1) is 6.25. The third kappa shape index (κ3) is 5.27. The van der Waals surface area contributed by atoms with Crippen LogP contribution in [0.25, 0.3) is 0 Å². The lowest BCUT2D eigenvalue weighted by Gasteiger charge is -2.25. The minimum Gasteiger partial charge on any atom is -0.489 e. The fourth-order valence-electron chi connectivity index (χ4n) is 0.597. The van der Waals surface area contributed by atoms with Crippen LogP contribution in [0.15, 0.2) is 0 Å². The van der Waals surface area contributed by atoms with Crippen molar-refractivity contribution in [3.63, 3.8) is 0 Å². The first kappa shape index (κ1) is 13.5. The highest BCUT2D eigenvalue weighted by Gasteiger charge is 2.31. The highest BCUT2D eigenvalue weighted by atomic mass is 28.4. The van der Waals surface area contributed by atoms with Gasteiger partial charge in [0, 0.05) is 0 Å². The maximum Gasteiger partial charge on any atom is 0.494 e. The second-order valence-corrected chi connectivity index (χ2v) is 9.38. The quantitative estimate of drug-likeness (QED) is 0.536. The van der Waals surface area contributed by atoms with Crippen LogP contribution in [0.2, 0.25) is 18.6 Å². The van der Waals surface area contributed by atoms with Gasteiger partial charge in [-0.3, -0.25) is 0 Å². The summed E-state index contributed by atoms with van der Waals surface area (Å²) in [6.07, 6.45) is -0.510. The van der Waals surface area contributed by atoms with E-state index < -0.39 is 14.5 Å². The first-order valence-electron chi connectivity index (χ1n) is 5.11. The normalized spacial score (nSPS) is 12.0. The Morgan fingerprint density at radius 3 is 2.07 bits per heavy atom. The summed E-state index contributed by atoms with van der Waals surface area (Å²) in [5, 5.41) is 0. The molecule has 0 saturated carbocycles. The second-order valence-electron chi connectivity index (χ2n) is 4.82. The van der Waals surface area contributed by atoms with E-state index in [9.17, 15) is 4.79 Å². The molecule has 0 aliphatic rings. The third-order valence-electron chi connectivity index (χ3n) is 2.27. The van der Waals surface area contributed by atoms with E-state index in [4.69, 9.17) is 9.16 Å². The summed E-state index contributed by atoms with van der Waals surface area (Å²) in [5.74, 6) is 0.353. The average Bonchev–Trinajstić information content (AvgIpc) is 1.99. The minimum absolute atomic E-state index is 0.353. The molecule has 0 heterocycles. The summed E-state index contributed by atoms with van der Waals surface area (Å²) in [7, 11) is -1.89. The molecule has 0 saturated heterocycles. The second kappa shape index (κ2) is 5.39. The molecule has 0 amide bonds. The molecule has 84 valence electrons. The highest BCUT2D eigenvalue weighted by molar-refractivity contribution is 6.73. The van der Waals surface area contributed by atoms with Crippen LogP contribution in [0, 0.1) is 5.92 Å². The summed E-state index contributed by atoms with van der Waals surface area (Å²) >= 11 is 0. The monoisotopic (exact) mass is 218 g/mol. The molecule has 0 aliphatic heterocycles. The Hall–Kier alpha value is -0.513. The Labute approximate surface area is 87.9 Å². The van der Waals surface area contributed by atoms with Gasteiger partial charge in [-0.05, 0) is 24.6 Å². The molecule has 0 aliphatic carbocycles. The number of rotatable bonds is 4. The molecule has 0 unspecified atom stereocenters. The van der Waals surface area contributed by atoms with Crippen LogP contribution in [0.5, 0.6) is 0 Å². The van der Waals surface area contributed by atoms with Gasteiger partial charge in [-0.1, -0.05) is 27.7 Å². The van der Waals surface area contributed by atoms with Crippen LogP contribution in [0.1, 0.15) is 27.7 Å². The van der Waals surface area contributed by atoms with Crippen molar-refractivity contribution in [3.8, 4) is 0 Å². The molecule has 4 heteroatoms. The first-order valence-corrected chi connectivity index (χ1v) is 8.10. The van der Waals surface area contributed by atoms with Gasteiger partial charge in [0.25, 0.3) is 8.32 Å². The number of hydrogen-bond acceptors (Lipinski definition) is 3. The Bertz CT molecular complexity index is 188. The van der Waals surface area contributed by atoms with E-state index in [0.29, 0.717) is 18.1 Å². The smallest absolute Gasteiger partial charge is 0.489 e. The summed E-state index contributed by atoms with van der Waals surface area (Å²) in [6.45, 7) is 12.6. The molecule has 0 bridgehead atoms. The van der Waals surface area contributed by atoms with Crippen LogP contribution in [0.3, 0.4) is 0 Å². The van der Waals surface area contributed by atoms with E-state index >= 15 is 0 Å². The fourth-order valence-corrected chi connectivity index (χ4v) is 1.32. The lowest BCUT2D eigenvalue weighted by Crippen LogP contribution is -2.37. The number of hydrogen-bond donors (Lipinski definition) is 0. The van der Waals surface area contributed by atoms with Crippen molar-refractivity contribution < 1.29 is 14.0 Å². The zero-order valence-corrected chi connectivity index (χ0v) is 11.1. The molecule has 0 atom stereocenters. The van der Waals surface area contributed by atoms with Crippen molar-refractivity contribution in [2.75, 3.05) is 6.61 Å². The van der Waals surface area contributed by atoms with Gasteiger partial charge in [-0.25, -0.2) is 4.79 Å². The lowest BCUT2D eigenvalue weighted by molar-refractivity contribution is 0.0855. The topological polar surface area (TPSA) is 35.5 Å². The van der Waals surface area contributed by atoms with Crippen molar-refractivity contribution in [3.05, 3.63) is 0 Å². The van der Waals surface area contributed by atoms with E-state index in [-0.39, 0.29) is 0 Å². The van der Waals surface area contributed by atoms with Crippen LogP contribution in [-0.4, -0.2) is 21.1 Å². The van der Waals surface area contributed by atoms with Gasteiger partial charge >= 0.3 is 6.16 Å². The van der Waals surface area contributed by atoms with Crippen molar-refractivity contribution in [1.29, 1.82) is 0 Å². The minimum atomic E-state index is -1.89. The molecule has 0 N–H and O–H groups in total. The summed E-state index contributed by atoms with van der Waals surface area (Å²) in [4.78, 5) is 11.3. The summed E-state index contributed by atoms with van der Waals surface area (Å²) in [6, 6.07) is 0. The van der Waals surface area contributed by atoms with E-state index in [2.05, 4.69) is 13.8 Å². The SMILES string of the molecule is CC(C)COC(=O)O[Si](C)(C)C(C)C. The molecule has 14 heavy (non-hydrogen) atoms. The van der Waals surface area contributed by atoms with Gasteiger partial charge in [-0.15, -0.1) is 0 Å². The summed E-state index contributed by atoms with van der Waals surface area (Å²) < 4.78 is 10.3. The van der Waals surface area contributed by atoms with Crippen LogP contribution >= 0.6 is 0 Å². The van der Waals surface area contributed by atoms with Gasteiger partial charge < -0.3 is 9.16 Å². The molecule has 0 aromatic carbocycles. The molecular weight excluding hydrogens is 196 g/mol.